The number of hydrogen-bond donors (Lipinski definition) is 2. The Morgan fingerprint density at radius 2 is 2.26 bits per heavy atom. The number of nitrogen functional groups attached to an aromatic ring is 1. The van der Waals surface area contributed by atoms with Crippen molar-refractivity contribution in [2.24, 2.45) is 0 Å². The number of rotatable bonds is 4. The summed E-state index contributed by atoms with van der Waals surface area (Å²) in [5.41, 5.74) is 6.46. The minimum atomic E-state index is -0.493. The second-order valence-corrected chi connectivity index (χ2v) is 5.47. The Bertz CT molecular complexity index is 612. The zero-order valence-corrected chi connectivity index (χ0v) is 11.4. The lowest BCUT2D eigenvalue weighted by atomic mass is 10.2. The molecule has 0 radical (unpaired) electrons. The van der Waals surface area contributed by atoms with Gasteiger partial charge in [0, 0.05) is 22.8 Å². The van der Waals surface area contributed by atoms with Crippen LogP contribution in [0.15, 0.2) is 24.4 Å². The average molecular weight is 278 g/mol. The Morgan fingerprint density at radius 3 is 2.79 bits per heavy atom. The van der Waals surface area contributed by atoms with E-state index in [0.717, 1.165) is 15.6 Å². The molecule has 0 aliphatic heterocycles. The standard InChI is InChI=1S/C12H14N4O2S/c1-7-6-14-12(19-7)8(2)15-9-3-4-11(16(17)18)10(13)5-9/h3-6,8,15H,13H2,1-2H3. The highest BCUT2D eigenvalue weighted by Gasteiger charge is 2.13. The summed E-state index contributed by atoms with van der Waals surface area (Å²) in [6.07, 6.45) is 1.82. The van der Waals surface area contributed by atoms with Crippen molar-refractivity contribution in [3.63, 3.8) is 0 Å². The van der Waals surface area contributed by atoms with Gasteiger partial charge in [-0.1, -0.05) is 0 Å². The van der Waals surface area contributed by atoms with E-state index in [2.05, 4.69) is 10.3 Å². The highest BCUT2D eigenvalue weighted by atomic mass is 32.1. The number of nitrogens with zero attached hydrogens (tertiary/aromatic N) is 2. The maximum Gasteiger partial charge on any atom is 0.292 e. The molecular formula is C12H14N4O2S. The molecule has 6 nitrogen and oxygen atoms in total. The van der Waals surface area contributed by atoms with Crippen LogP contribution < -0.4 is 11.1 Å². The topological polar surface area (TPSA) is 94.1 Å². The van der Waals surface area contributed by atoms with Gasteiger partial charge >= 0.3 is 0 Å². The largest absolute Gasteiger partial charge is 0.393 e. The molecule has 1 aromatic carbocycles. The number of nitrogens with one attached hydrogen (secondary N) is 1. The molecule has 2 aromatic rings. The van der Waals surface area contributed by atoms with Crippen LogP contribution in [-0.2, 0) is 0 Å². The fourth-order valence-electron chi connectivity index (χ4n) is 1.69. The van der Waals surface area contributed by atoms with E-state index in [9.17, 15) is 10.1 Å². The molecule has 1 aromatic heterocycles. The number of aryl methyl sites for hydroxylation is 1. The van der Waals surface area contributed by atoms with E-state index in [1.165, 1.54) is 6.07 Å². The van der Waals surface area contributed by atoms with Gasteiger partial charge in [0.15, 0.2) is 0 Å². The Balaban J connectivity index is 2.15. The van der Waals surface area contributed by atoms with Crippen LogP contribution >= 0.6 is 11.3 Å². The fourth-order valence-corrected chi connectivity index (χ4v) is 2.47. The van der Waals surface area contributed by atoms with E-state index >= 15 is 0 Å². The van der Waals surface area contributed by atoms with Crippen molar-refractivity contribution >= 4 is 28.4 Å². The summed E-state index contributed by atoms with van der Waals surface area (Å²) in [6.45, 7) is 3.98. The molecule has 7 heteroatoms. The molecule has 100 valence electrons. The molecule has 0 saturated heterocycles. The van der Waals surface area contributed by atoms with Crippen LogP contribution in [0.1, 0.15) is 22.9 Å². The lowest BCUT2D eigenvalue weighted by Crippen LogP contribution is -2.06. The Hall–Kier alpha value is -2.15. The Morgan fingerprint density at radius 1 is 1.53 bits per heavy atom. The number of thiazole rings is 1. The van der Waals surface area contributed by atoms with Gasteiger partial charge in [0.25, 0.3) is 5.69 Å². The van der Waals surface area contributed by atoms with Crippen LogP contribution in [0.5, 0.6) is 0 Å². The molecule has 0 aliphatic rings. The van der Waals surface area contributed by atoms with Gasteiger partial charge in [0.1, 0.15) is 10.7 Å². The Kier molecular flexibility index (Phi) is 3.66. The van der Waals surface area contributed by atoms with Crippen molar-refractivity contribution in [3.05, 3.63) is 44.4 Å². The monoisotopic (exact) mass is 278 g/mol. The number of nitro groups is 1. The molecule has 19 heavy (non-hydrogen) atoms. The molecule has 3 N–H and O–H groups in total. The zero-order chi connectivity index (χ0) is 14.0. The summed E-state index contributed by atoms with van der Waals surface area (Å²) in [5, 5.41) is 14.9. The molecular weight excluding hydrogens is 264 g/mol. The van der Waals surface area contributed by atoms with E-state index < -0.39 is 4.92 Å². The first-order valence-electron chi connectivity index (χ1n) is 5.70. The van der Waals surface area contributed by atoms with E-state index in [4.69, 9.17) is 5.73 Å². The third kappa shape index (κ3) is 3.00. The Labute approximate surface area is 114 Å². The van der Waals surface area contributed by atoms with E-state index in [1.54, 1.807) is 23.5 Å². The summed E-state index contributed by atoms with van der Waals surface area (Å²) in [5.74, 6) is 0. The predicted octanol–water partition coefficient (Wildman–Crippen LogP) is 3.12. The molecule has 0 amide bonds. The molecule has 0 aliphatic carbocycles. The van der Waals surface area contributed by atoms with Crippen molar-refractivity contribution in [3.8, 4) is 0 Å². The van der Waals surface area contributed by atoms with Gasteiger partial charge in [-0.2, -0.15) is 0 Å². The molecule has 0 bridgehead atoms. The number of nitro benzene ring substituents is 1. The quantitative estimate of drug-likeness (QED) is 0.509. The molecule has 1 atom stereocenters. The van der Waals surface area contributed by atoms with E-state index in [-0.39, 0.29) is 17.4 Å². The van der Waals surface area contributed by atoms with Crippen molar-refractivity contribution in [1.82, 2.24) is 4.98 Å². The number of nitrogens with two attached hydrogens (primary N) is 1. The molecule has 1 unspecified atom stereocenters. The van der Waals surface area contributed by atoms with Crippen LogP contribution in [0, 0.1) is 17.0 Å². The third-order valence-corrected chi connectivity index (χ3v) is 3.71. The first-order chi connectivity index (χ1) is 8.97. The molecule has 1 heterocycles. The maximum absolute atomic E-state index is 10.7. The van der Waals surface area contributed by atoms with Crippen LogP contribution in [0.25, 0.3) is 0 Å². The lowest BCUT2D eigenvalue weighted by molar-refractivity contribution is -0.383. The van der Waals surface area contributed by atoms with Crippen LogP contribution in [0.4, 0.5) is 17.1 Å². The average Bonchev–Trinajstić information content (AvgIpc) is 2.75. The normalized spacial score (nSPS) is 12.1. The molecule has 0 spiro atoms. The molecule has 2 rings (SSSR count). The minimum absolute atomic E-state index is 0.0274. The zero-order valence-electron chi connectivity index (χ0n) is 10.6. The van der Waals surface area contributed by atoms with E-state index in [1.807, 2.05) is 20.0 Å². The van der Waals surface area contributed by atoms with Crippen molar-refractivity contribution in [1.29, 1.82) is 0 Å². The maximum atomic E-state index is 10.7. The molecule has 0 saturated carbocycles. The fraction of sp³-hybridized carbons (Fsp3) is 0.250. The van der Waals surface area contributed by atoms with Gasteiger partial charge in [-0.3, -0.25) is 10.1 Å². The van der Waals surface area contributed by atoms with Crippen molar-refractivity contribution in [2.75, 3.05) is 11.1 Å². The van der Waals surface area contributed by atoms with Gasteiger partial charge in [0.2, 0.25) is 0 Å². The summed E-state index contributed by atoms with van der Waals surface area (Å²) in [6, 6.07) is 4.64. The highest BCUT2D eigenvalue weighted by molar-refractivity contribution is 7.11. The third-order valence-electron chi connectivity index (χ3n) is 2.62. The number of anilines is 2. The summed E-state index contributed by atoms with van der Waals surface area (Å²) in [7, 11) is 0. The number of hydrogen-bond acceptors (Lipinski definition) is 6. The lowest BCUT2D eigenvalue weighted by Gasteiger charge is -2.13. The van der Waals surface area contributed by atoms with Crippen LogP contribution in [-0.4, -0.2) is 9.91 Å². The first-order valence-corrected chi connectivity index (χ1v) is 6.52. The van der Waals surface area contributed by atoms with E-state index in [0.29, 0.717) is 0 Å². The smallest absolute Gasteiger partial charge is 0.292 e. The van der Waals surface area contributed by atoms with Crippen molar-refractivity contribution in [2.45, 2.75) is 19.9 Å². The summed E-state index contributed by atoms with van der Waals surface area (Å²) >= 11 is 1.61. The van der Waals surface area contributed by atoms with Crippen LogP contribution in [0.2, 0.25) is 0 Å². The second-order valence-electron chi connectivity index (χ2n) is 4.21. The predicted molar refractivity (Wildman–Crippen MR) is 76.4 cm³/mol. The summed E-state index contributed by atoms with van der Waals surface area (Å²) in [4.78, 5) is 15.6. The van der Waals surface area contributed by atoms with Crippen LogP contribution in [0.3, 0.4) is 0 Å². The minimum Gasteiger partial charge on any atom is -0.393 e. The van der Waals surface area contributed by atoms with Crippen molar-refractivity contribution < 1.29 is 4.92 Å². The van der Waals surface area contributed by atoms with Gasteiger partial charge in [0.05, 0.1) is 11.0 Å². The summed E-state index contributed by atoms with van der Waals surface area (Å²) < 4.78 is 0. The van der Waals surface area contributed by atoms with Gasteiger partial charge in [-0.15, -0.1) is 11.3 Å². The SMILES string of the molecule is Cc1cnc(C(C)Nc2ccc([N+](=O)[O-])c(N)c2)s1. The van der Waals surface area contributed by atoms with Gasteiger partial charge < -0.3 is 11.1 Å². The van der Waals surface area contributed by atoms with Gasteiger partial charge in [-0.05, 0) is 26.0 Å². The molecule has 0 fully saturated rings. The second kappa shape index (κ2) is 5.23. The number of aromatic nitrogens is 1. The highest BCUT2D eigenvalue weighted by Crippen LogP contribution is 2.28. The first kappa shape index (κ1) is 13.3. The number of benzene rings is 1. The van der Waals surface area contributed by atoms with Gasteiger partial charge in [-0.25, -0.2) is 4.98 Å².